The van der Waals surface area contributed by atoms with Gasteiger partial charge in [0.2, 0.25) is 0 Å². The largest absolute Gasteiger partial charge is 0.458 e. The van der Waals surface area contributed by atoms with Crippen molar-refractivity contribution >= 4 is 29.2 Å². The van der Waals surface area contributed by atoms with Crippen LogP contribution in [0.3, 0.4) is 0 Å². The van der Waals surface area contributed by atoms with Crippen molar-refractivity contribution in [3.8, 4) is 5.75 Å². The second-order valence-corrected chi connectivity index (χ2v) is 6.78. The SMILES string of the molecule is C=C(/C=C\C(=C/C)NC(=O)Nc1ccc(Cl)c(C(F)(F)F)c1)Oc1ccnc(C(=O)NC)c1. The van der Waals surface area contributed by atoms with Gasteiger partial charge in [-0.15, -0.1) is 0 Å². The molecule has 0 radical (unpaired) electrons. The van der Waals surface area contributed by atoms with Gasteiger partial charge in [-0.2, -0.15) is 13.2 Å². The molecule has 1 aromatic heterocycles. The first-order valence-corrected chi connectivity index (χ1v) is 9.75. The minimum absolute atomic E-state index is 0.0824. The number of nitrogens with zero attached hydrogens (tertiary/aromatic N) is 1. The third-order valence-electron chi connectivity index (χ3n) is 3.99. The van der Waals surface area contributed by atoms with Gasteiger partial charge < -0.3 is 20.7 Å². The van der Waals surface area contributed by atoms with Crippen molar-refractivity contribution in [2.75, 3.05) is 12.4 Å². The molecule has 11 heteroatoms. The number of hydrogen-bond donors (Lipinski definition) is 3. The second-order valence-electron chi connectivity index (χ2n) is 6.37. The molecule has 0 atom stereocenters. The van der Waals surface area contributed by atoms with Crippen LogP contribution in [0, 0.1) is 0 Å². The van der Waals surface area contributed by atoms with Gasteiger partial charge in [0, 0.05) is 30.7 Å². The van der Waals surface area contributed by atoms with E-state index in [2.05, 4.69) is 27.5 Å². The third-order valence-corrected chi connectivity index (χ3v) is 4.32. The fourth-order valence-corrected chi connectivity index (χ4v) is 2.64. The van der Waals surface area contributed by atoms with Gasteiger partial charge in [-0.1, -0.05) is 24.3 Å². The number of pyridine rings is 1. The van der Waals surface area contributed by atoms with Gasteiger partial charge in [-0.05, 0) is 43.3 Å². The van der Waals surface area contributed by atoms with Crippen LogP contribution >= 0.6 is 11.6 Å². The van der Waals surface area contributed by atoms with Gasteiger partial charge in [0.1, 0.15) is 17.2 Å². The number of rotatable bonds is 7. The van der Waals surface area contributed by atoms with Gasteiger partial charge in [-0.25, -0.2) is 4.79 Å². The molecule has 0 aliphatic rings. The number of aromatic nitrogens is 1. The summed E-state index contributed by atoms with van der Waals surface area (Å²) in [5.41, 5.74) is -0.656. The third kappa shape index (κ3) is 7.69. The summed E-state index contributed by atoms with van der Waals surface area (Å²) in [5.74, 6) is 0.142. The Morgan fingerprint density at radius 3 is 2.55 bits per heavy atom. The molecule has 0 saturated heterocycles. The van der Waals surface area contributed by atoms with Gasteiger partial charge in [0.25, 0.3) is 5.91 Å². The van der Waals surface area contributed by atoms with E-state index in [1.54, 1.807) is 13.0 Å². The van der Waals surface area contributed by atoms with E-state index in [0.717, 1.165) is 12.1 Å². The van der Waals surface area contributed by atoms with E-state index >= 15 is 0 Å². The molecule has 1 heterocycles. The minimum Gasteiger partial charge on any atom is -0.458 e. The molecule has 3 amide bonds. The number of ether oxygens (including phenoxy) is 1. The first-order valence-electron chi connectivity index (χ1n) is 9.37. The summed E-state index contributed by atoms with van der Waals surface area (Å²) in [6.45, 7) is 5.38. The number of carbonyl (C=O) groups is 2. The van der Waals surface area contributed by atoms with Crippen molar-refractivity contribution in [1.29, 1.82) is 0 Å². The number of urea groups is 1. The Bertz CT molecular complexity index is 1110. The highest BCUT2D eigenvalue weighted by molar-refractivity contribution is 6.31. The molecule has 174 valence electrons. The molecule has 2 aromatic rings. The maximum atomic E-state index is 13.0. The summed E-state index contributed by atoms with van der Waals surface area (Å²) in [6, 6.07) is 5.24. The zero-order valence-corrected chi connectivity index (χ0v) is 18.3. The number of carbonyl (C=O) groups excluding carboxylic acids is 2. The van der Waals surface area contributed by atoms with Crippen molar-refractivity contribution in [3.05, 3.63) is 89.1 Å². The predicted octanol–water partition coefficient (Wildman–Crippen LogP) is 5.29. The summed E-state index contributed by atoms with van der Waals surface area (Å²) < 4.78 is 44.4. The molecule has 0 unspecified atom stereocenters. The van der Waals surface area contributed by atoms with Crippen LogP contribution in [0.1, 0.15) is 23.0 Å². The maximum absolute atomic E-state index is 13.0. The van der Waals surface area contributed by atoms with E-state index in [1.807, 2.05) is 0 Å². The van der Waals surface area contributed by atoms with Crippen molar-refractivity contribution in [2.45, 2.75) is 13.1 Å². The van der Waals surface area contributed by atoms with Gasteiger partial charge in [-0.3, -0.25) is 9.78 Å². The Morgan fingerprint density at radius 2 is 1.91 bits per heavy atom. The number of amides is 3. The number of benzene rings is 1. The van der Waals surface area contributed by atoms with E-state index in [9.17, 15) is 22.8 Å². The second kappa shape index (κ2) is 11.2. The Balaban J connectivity index is 1.99. The van der Waals surface area contributed by atoms with E-state index in [0.29, 0.717) is 11.4 Å². The highest BCUT2D eigenvalue weighted by Crippen LogP contribution is 2.36. The Kier molecular flexibility index (Phi) is 8.63. The molecule has 0 bridgehead atoms. The van der Waals surface area contributed by atoms with Crippen molar-refractivity contribution < 1.29 is 27.5 Å². The normalized spacial score (nSPS) is 11.8. The van der Waals surface area contributed by atoms with Crippen molar-refractivity contribution in [1.82, 2.24) is 15.6 Å². The van der Waals surface area contributed by atoms with E-state index in [1.165, 1.54) is 43.6 Å². The molecular weight excluding hydrogens is 461 g/mol. The summed E-state index contributed by atoms with van der Waals surface area (Å²) in [7, 11) is 1.48. The van der Waals surface area contributed by atoms with Crippen LogP contribution in [-0.2, 0) is 6.18 Å². The molecule has 2 rings (SSSR count). The Hall–Kier alpha value is -3.79. The average molecular weight is 481 g/mol. The van der Waals surface area contributed by atoms with Crippen molar-refractivity contribution in [3.63, 3.8) is 0 Å². The molecule has 0 aliphatic carbocycles. The zero-order chi connectivity index (χ0) is 24.6. The van der Waals surface area contributed by atoms with Crippen LogP contribution in [0.2, 0.25) is 5.02 Å². The fourth-order valence-electron chi connectivity index (χ4n) is 2.42. The number of hydrogen-bond acceptors (Lipinski definition) is 4. The molecule has 0 spiro atoms. The standard InChI is InChI=1S/C22H20ClF3N4O3/c1-4-14(6-5-13(2)33-16-9-10-28-19(12-16)20(31)27-3)29-21(32)30-15-7-8-18(23)17(11-15)22(24,25)26/h4-12H,2H2,1,3H3,(H,27,31)(H2,29,30,32)/b6-5-,14-4+. The number of anilines is 1. The van der Waals surface area contributed by atoms with Crippen LogP contribution in [-0.4, -0.2) is 24.0 Å². The minimum atomic E-state index is -4.65. The quantitative estimate of drug-likeness (QED) is 0.371. The van der Waals surface area contributed by atoms with Crippen LogP contribution < -0.4 is 20.7 Å². The van der Waals surface area contributed by atoms with Crippen LogP contribution in [0.25, 0.3) is 0 Å². The lowest BCUT2D eigenvalue weighted by Gasteiger charge is -2.12. The molecule has 0 saturated carbocycles. The summed E-state index contributed by atoms with van der Waals surface area (Å²) >= 11 is 5.57. The molecule has 1 aromatic carbocycles. The Labute approximate surface area is 193 Å². The molecule has 3 N–H and O–H groups in total. The summed E-state index contributed by atoms with van der Waals surface area (Å²) in [4.78, 5) is 27.7. The zero-order valence-electron chi connectivity index (χ0n) is 17.6. The van der Waals surface area contributed by atoms with Crippen LogP contribution in [0.15, 0.2) is 72.8 Å². The highest BCUT2D eigenvalue weighted by atomic mass is 35.5. The van der Waals surface area contributed by atoms with Crippen molar-refractivity contribution in [2.24, 2.45) is 0 Å². The van der Waals surface area contributed by atoms with E-state index in [-0.39, 0.29) is 23.0 Å². The fraction of sp³-hybridized carbons (Fsp3) is 0.136. The summed E-state index contributed by atoms with van der Waals surface area (Å²) in [5, 5.41) is 6.78. The Morgan fingerprint density at radius 1 is 1.18 bits per heavy atom. The highest BCUT2D eigenvalue weighted by Gasteiger charge is 2.33. The summed E-state index contributed by atoms with van der Waals surface area (Å²) in [6.07, 6.45) is 1.24. The maximum Gasteiger partial charge on any atom is 0.417 e. The lowest BCUT2D eigenvalue weighted by Crippen LogP contribution is -2.27. The van der Waals surface area contributed by atoms with E-state index < -0.39 is 22.8 Å². The number of alkyl halides is 3. The lowest BCUT2D eigenvalue weighted by atomic mass is 10.2. The molecular formula is C22H20ClF3N4O3. The predicted molar refractivity (Wildman–Crippen MR) is 119 cm³/mol. The monoisotopic (exact) mass is 480 g/mol. The first kappa shape index (κ1) is 25.5. The molecule has 0 fully saturated rings. The van der Waals surface area contributed by atoms with Gasteiger partial charge in [0.15, 0.2) is 0 Å². The molecule has 33 heavy (non-hydrogen) atoms. The smallest absolute Gasteiger partial charge is 0.417 e. The first-order chi connectivity index (χ1) is 15.5. The van der Waals surface area contributed by atoms with Gasteiger partial charge in [0.05, 0.1) is 10.6 Å². The van der Waals surface area contributed by atoms with E-state index in [4.69, 9.17) is 16.3 Å². The van der Waals surface area contributed by atoms with Gasteiger partial charge >= 0.3 is 12.2 Å². The van der Waals surface area contributed by atoms with Crippen LogP contribution in [0.4, 0.5) is 23.7 Å². The topological polar surface area (TPSA) is 92.3 Å². The molecule has 0 aliphatic heterocycles. The number of allylic oxidation sites excluding steroid dienone is 3. The van der Waals surface area contributed by atoms with Crippen LogP contribution in [0.5, 0.6) is 5.75 Å². The molecule has 7 nitrogen and oxygen atoms in total. The lowest BCUT2D eigenvalue weighted by molar-refractivity contribution is -0.137. The number of halogens is 4. The average Bonchev–Trinajstić information content (AvgIpc) is 2.76. The number of nitrogens with one attached hydrogen (secondary N) is 3.